The molecule has 0 amide bonds. The first kappa shape index (κ1) is 19.0. The highest BCUT2D eigenvalue weighted by Crippen LogP contribution is 2.16. The standard InChI is InChI=1S/C11H15NO2.2C2H6/c1-7-5-10(8(2)12)4-3-9(7)6-11(13)14;2*1-2/h3-5,8H,6,12H2,1-2H3,(H,13,14);2*1-2H3. The lowest BCUT2D eigenvalue weighted by molar-refractivity contribution is -0.136. The average molecular weight is 253 g/mol. The van der Waals surface area contributed by atoms with Crippen LogP contribution in [-0.4, -0.2) is 11.1 Å². The predicted octanol–water partition coefficient (Wildman–Crippen LogP) is 3.69. The summed E-state index contributed by atoms with van der Waals surface area (Å²) in [4.78, 5) is 10.5. The number of benzene rings is 1. The summed E-state index contributed by atoms with van der Waals surface area (Å²) in [6, 6.07) is 5.66. The highest BCUT2D eigenvalue weighted by atomic mass is 16.4. The Kier molecular flexibility index (Phi) is 11.4. The van der Waals surface area contributed by atoms with Crippen LogP contribution in [0.1, 0.15) is 57.4 Å². The quantitative estimate of drug-likeness (QED) is 0.863. The minimum absolute atomic E-state index is 0.00687. The summed E-state index contributed by atoms with van der Waals surface area (Å²) in [7, 11) is 0. The molecule has 3 heteroatoms. The van der Waals surface area contributed by atoms with Gasteiger partial charge in [-0.25, -0.2) is 0 Å². The van der Waals surface area contributed by atoms with E-state index in [-0.39, 0.29) is 12.5 Å². The van der Waals surface area contributed by atoms with Crippen molar-refractivity contribution >= 4 is 5.97 Å². The maximum Gasteiger partial charge on any atom is 0.307 e. The Hall–Kier alpha value is -1.35. The zero-order chi connectivity index (χ0) is 14.7. The third-order valence-electron chi connectivity index (χ3n) is 2.23. The number of carboxylic acids is 1. The molecule has 1 rings (SSSR count). The fraction of sp³-hybridized carbons (Fsp3) is 0.533. The molecule has 1 atom stereocenters. The number of carbonyl (C=O) groups is 1. The van der Waals surface area contributed by atoms with Crippen LogP contribution in [0.5, 0.6) is 0 Å². The molecule has 0 aromatic heterocycles. The molecule has 3 N–H and O–H groups in total. The topological polar surface area (TPSA) is 63.3 Å². The van der Waals surface area contributed by atoms with E-state index in [0.29, 0.717) is 0 Å². The van der Waals surface area contributed by atoms with Gasteiger partial charge in [0.25, 0.3) is 0 Å². The summed E-state index contributed by atoms with van der Waals surface area (Å²) < 4.78 is 0. The Morgan fingerprint density at radius 3 is 2.11 bits per heavy atom. The molecule has 0 spiro atoms. The Balaban J connectivity index is 0. The second-order valence-corrected chi connectivity index (χ2v) is 3.55. The molecule has 104 valence electrons. The highest BCUT2D eigenvalue weighted by molar-refractivity contribution is 5.70. The van der Waals surface area contributed by atoms with Gasteiger partial charge in [-0.1, -0.05) is 45.9 Å². The van der Waals surface area contributed by atoms with Gasteiger partial charge in [-0.15, -0.1) is 0 Å². The maximum absolute atomic E-state index is 10.5. The molecule has 0 saturated carbocycles. The number of aryl methyl sites for hydroxylation is 1. The van der Waals surface area contributed by atoms with E-state index in [1.54, 1.807) is 0 Å². The van der Waals surface area contributed by atoms with Crippen LogP contribution in [0.4, 0.5) is 0 Å². The first-order valence-electron chi connectivity index (χ1n) is 6.57. The molecule has 3 nitrogen and oxygen atoms in total. The number of rotatable bonds is 3. The highest BCUT2D eigenvalue weighted by Gasteiger charge is 2.06. The summed E-state index contributed by atoms with van der Waals surface area (Å²) in [6.07, 6.45) is 0.0745. The summed E-state index contributed by atoms with van der Waals surface area (Å²) in [6.45, 7) is 11.8. The zero-order valence-electron chi connectivity index (χ0n) is 12.4. The van der Waals surface area contributed by atoms with Crippen LogP contribution < -0.4 is 5.73 Å². The normalized spacial score (nSPS) is 10.4. The van der Waals surface area contributed by atoms with Crippen molar-refractivity contribution in [2.24, 2.45) is 5.73 Å². The molecule has 1 aromatic carbocycles. The molecular formula is C15H27NO2. The van der Waals surface area contributed by atoms with Gasteiger partial charge in [0.05, 0.1) is 6.42 Å². The van der Waals surface area contributed by atoms with E-state index in [0.717, 1.165) is 16.7 Å². The Bertz CT molecular complexity index is 346. The molecular weight excluding hydrogens is 226 g/mol. The van der Waals surface area contributed by atoms with Gasteiger partial charge in [-0.05, 0) is 30.5 Å². The van der Waals surface area contributed by atoms with Crippen LogP contribution in [0.15, 0.2) is 18.2 Å². The van der Waals surface area contributed by atoms with Gasteiger partial charge in [0.15, 0.2) is 0 Å². The Labute approximate surface area is 111 Å². The van der Waals surface area contributed by atoms with Gasteiger partial charge < -0.3 is 10.8 Å². The third-order valence-corrected chi connectivity index (χ3v) is 2.23. The Morgan fingerprint density at radius 2 is 1.78 bits per heavy atom. The molecule has 0 aliphatic carbocycles. The van der Waals surface area contributed by atoms with Crippen LogP contribution >= 0.6 is 0 Å². The van der Waals surface area contributed by atoms with Crippen molar-refractivity contribution in [2.75, 3.05) is 0 Å². The van der Waals surface area contributed by atoms with Crippen molar-refractivity contribution in [3.8, 4) is 0 Å². The minimum Gasteiger partial charge on any atom is -0.481 e. The van der Waals surface area contributed by atoms with E-state index in [4.69, 9.17) is 10.8 Å². The van der Waals surface area contributed by atoms with Crippen LogP contribution in [0.25, 0.3) is 0 Å². The predicted molar refractivity (Wildman–Crippen MR) is 77.8 cm³/mol. The lowest BCUT2D eigenvalue weighted by atomic mass is 10.00. The van der Waals surface area contributed by atoms with Crippen molar-refractivity contribution in [3.05, 3.63) is 34.9 Å². The molecule has 1 unspecified atom stereocenters. The van der Waals surface area contributed by atoms with Crippen molar-refractivity contribution in [2.45, 2.75) is 54.0 Å². The molecule has 0 saturated heterocycles. The molecule has 0 heterocycles. The monoisotopic (exact) mass is 253 g/mol. The van der Waals surface area contributed by atoms with E-state index in [1.807, 2.05) is 59.7 Å². The summed E-state index contributed by atoms with van der Waals surface area (Å²) >= 11 is 0. The summed E-state index contributed by atoms with van der Waals surface area (Å²) in [5.74, 6) is -0.804. The molecule has 0 bridgehead atoms. The van der Waals surface area contributed by atoms with Crippen molar-refractivity contribution in [3.63, 3.8) is 0 Å². The van der Waals surface area contributed by atoms with Crippen molar-refractivity contribution in [1.82, 2.24) is 0 Å². The largest absolute Gasteiger partial charge is 0.481 e. The second kappa shape index (κ2) is 10.8. The van der Waals surface area contributed by atoms with E-state index in [2.05, 4.69) is 0 Å². The first-order chi connectivity index (χ1) is 8.50. The van der Waals surface area contributed by atoms with Gasteiger partial charge >= 0.3 is 5.97 Å². The smallest absolute Gasteiger partial charge is 0.307 e. The van der Waals surface area contributed by atoms with Crippen LogP contribution in [0, 0.1) is 6.92 Å². The fourth-order valence-corrected chi connectivity index (χ4v) is 1.36. The number of aliphatic carboxylic acids is 1. The number of nitrogens with two attached hydrogens (primary N) is 1. The van der Waals surface area contributed by atoms with Crippen LogP contribution in [0.2, 0.25) is 0 Å². The summed E-state index contributed by atoms with van der Waals surface area (Å²) in [5, 5.41) is 8.65. The summed E-state index contributed by atoms with van der Waals surface area (Å²) in [5.41, 5.74) is 8.59. The Morgan fingerprint density at radius 1 is 1.28 bits per heavy atom. The lowest BCUT2D eigenvalue weighted by Crippen LogP contribution is -2.07. The van der Waals surface area contributed by atoms with Crippen molar-refractivity contribution < 1.29 is 9.90 Å². The SMILES string of the molecule is CC.CC.Cc1cc(C(C)N)ccc1CC(=O)O. The average Bonchev–Trinajstić information content (AvgIpc) is 2.36. The second-order valence-electron chi connectivity index (χ2n) is 3.55. The molecule has 1 aromatic rings. The minimum atomic E-state index is -0.804. The molecule has 0 fully saturated rings. The van der Waals surface area contributed by atoms with Gasteiger partial charge in [-0.3, -0.25) is 4.79 Å². The molecule has 18 heavy (non-hydrogen) atoms. The van der Waals surface area contributed by atoms with Crippen molar-refractivity contribution in [1.29, 1.82) is 0 Å². The van der Waals surface area contributed by atoms with Crippen LogP contribution in [0.3, 0.4) is 0 Å². The van der Waals surface area contributed by atoms with Gasteiger partial charge in [0, 0.05) is 6.04 Å². The van der Waals surface area contributed by atoms with E-state index in [1.165, 1.54) is 0 Å². The van der Waals surface area contributed by atoms with Gasteiger partial charge in [-0.2, -0.15) is 0 Å². The van der Waals surface area contributed by atoms with E-state index >= 15 is 0 Å². The maximum atomic E-state index is 10.5. The zero-order valence-corrected chi connectivity index (χ0v) is 12.4. The third kappa shape index (κ3) is 7.07. The van der Waals surface area contributed by atoms with E-state index in [9.17, 15) is 4.79 Å². The molecule has 0 aliphatic heterocycles. The first-order valence-corrected chi connectivity index (χ1v) is 6.57. The molecule has 0 aliphatic rings. The number of hydrogen-bond acceptors (Lipinski definition) is 2. The van der Waals surface area contributed by atoms with Gasteiger partial charge in [0.2, 0.25) is 0 Å². The number of carboxylic acid groups (broad SMARTS) is 1. The lowest BCUT2D eigenvalue weighted by Gasteiger charge is -2.09. The van der Waals surface area contributed by atoms with E-state index < -0.39 is 5.97 Å². The fourth-order valence-electron chi connectivity index (χ4n) is 1.36. The molecule has 0 radical (unpaired) electrons. The van der Waals surface area contributed by atoms with Crippen LogP contribution in [-0.2, 0) is 11.2 Å². The van der Waals surface area contributed by atoms with Gasteiger partial charge in [0.1, 0.15) is 0 Å². The number of hydrogen-bond donors (Lipinski definition) is 2.